The SMILES string of the molecule is CN=C(NCc1ccccc1)NCc1ccccc1S(=O)(=O)N1CCN(C)CC1.I. The topological polar surface area (TPSA) is 77.0 Å². The number of aliphatic imine (C=N–C) groups is 1. The average molecular weight is 543 g/mol. The Hall–Kier alpha value is -1.69. The number of hydrogen-bond donors (Lipinski definition) is 2. The smallest absolute Gasteiger partial charge is 0.243 e. The predicted octanol–water partition coefficient (Wildman–Crippen LogP) is 2.11. The Balaban J connectivity index is 0.00000320. The molecule has 1 heterocycles. The van der Waals surface area contributed by atoms with Crippen LogP contribution in [0, 0.1) is 0 Å². The minimum Gasteiger partial charge on any atom is -0.352 e. The van der Waals surface area contributed by atoms with Gasteiger partial charge in [-0.25, -0.2) is 8.42 Å². The van der Waals surface area contributed by atoms with Crippen LogP contribution >= 0.6 is 24.0 Å². The van der Waals surface area contributed by atoms with Gasteiger partial charge in [-0.2, -0.15) is 4.31 Å². The fourth-order valence-corrected chi connectivity index (χ4v) is 4.89. The molecule has 1 fully saturated rings. The summed E-state index contributed by atoms with van der Waals surface area (Å²) in [6, 6.07) is 17.2. The molecular formula is C21H30IN5O2S. The van der Waals surface area contributed by atoms with E-state index < -0.39 is 10.0 Å². The number of sulfonamides is 1. The summed E-state index contributed by atoms with van der Waals surface area (Å²) in [6.45, 7) is 3.53. The van der Waals surface area contributed by atoms with Gasteiger partial charge in [0.05, 0.1) is 4.90 Å². The molecule has 0 atom stereocenters. The van der Waals surface area contributed by atoms with Crippen molar-refractivity contribution in [1.29, 1.82) is 0 Å². The van der Waals surface area contributed by atoms with Gasteiger partial charge in [-0.1, -0.05) is 48.5 Å². The van der Waals surface area contributed by atoms with E-state index in [1.54, 1.807) is 23.5 Å². The van der Waals surface area contributed by atoms with E-state index in [1.165, 1.54) is 0 Å². The number of halogens is 1. The molecule has 0 bridgehead atoms. The summed E-state index contributed by atoms with van der Waals surface area (Å²) >= 11 is 0. The largest absolute Gasteiger partial charge is 0.352 e. The molecule has 30 heavy (non-hydrogen) atoms. The van der Waals surface area contributed by atoms with E-state index in [0.29, 0.717) is 37.0 Å². The molecule has 9 heteroatoms. The molecule has 2 N–H and O–H groups in total. The fraction of sp³-hybridized carbons (Fsp3) is 0.381. The molecule has 0 spiro atoms. The highest BCUT2D eigenvalue weighted by molar-refractivity contribution is 14.0. The zero-order valence-electron chi connectivity index (χ0n) is 17.4. The second kappa shape index (κ2) is 11.6. The van der Waals surface area contributed by atoms with Crippen molar-refractivity contribution in [3.63, 3.8) is 0 Å². The van der Waals surface area contributed by atoms with Crippen molar-refractivity contribution in [2.75, 3.05) is 40.3 Å². The van der Waals surface area contributed by atoms with Crippen LogP contribution in [0.1, 0.15) is 11.1 Å². The second-order valence-electron chi connectivity index (χ2n) is 7.08. The van der Waals surface area contributed by atoms with Gasteiger partial charge in [0.1, 0.15) is 0 Å². The molecule has 0 aromatic heterocycles. The van der Waals surface area contributed by atoms with Gasteiger partial charge in [0.25, 0.3) is 0 Å². The summed E-state index contributed by atoms with van der Waals surface area (Å²) in [7, 11) is 0.192. The third-order valence-corrected chi connectivity index (χ3v) is 7.02. The molecular weight excluding hydrogens is 513 g/mol. The van der Waals surface area contributed by atoms with Crippen LogP contribution in [0.3, 0.4) is 0 Å². The van der Waals surface area contributed by atoms with E-state index in [1.807, 2.05) is 49.5 Å². The van der Waals surface area contributed by atoms with Crippen LogP contribution in [0.5, 0.6) is 0 Å². The van der Waals surface area contributed by atoms with Crippen LogP contribution in [0.25, 0.3) is 0 Å². The predicted molar refractivity (Wildman–Crippen MR) is 132 cm³/mol. The van der Waals surface area contributed by atoms with Crippen molar-refractivity contribution in [2.45, 2.75) is 18.0 Å². The molecule has 164 valence electrons. The highest BCUT2D eigenvalue weighted by Gasteiger charge is 2.29. The third-order valence-electron chi connectivity index (χ3n) is 5.03. The van der Waals surface area contributed by atoms with Crippen LogP contribution in [0.15, 0.2) is 64.5 Å². The quantitative estimate of drug-likeness (QED) is 0.332. The molecule has 0 radical (unpaired) electrons. The lowest BCUT2D eigenvalue weighted by Crippen LogP contribution is -2.47. The summed E-state index contributed by atoms with van der Waals surface area (Å²) in [5.74, 6) is 0.626. The van der Waals surface area contributed by atoms with Crippen molar-refractivity contribution in [3.05, 3.63) is 65.7 Å². The first-order valence-corrected chi connectivity index (χ1v) is 11.2. The highest BCUT2D eigenvalue weighted by atomic mass is 127. The Morgan fingerprint density at radius 3 is 2.20 bits per heavy atom. The number of rotatable bonds is 6. The molecule has 1 saturated heterocycles. The summed E-state index contributed by atoms with van der Waals surface area (Å²) in [5, 5.41) is 6.48. The number of hydrogen-bond acceptors (Lipinski definition) is 4. The van der Waals surface area contributed by atoms with Gasteiger partial charge in [0, 0.05) is 46.3 Å². The molecule has 0 unspecified atom stereocenters. The number of nitrogens with one attached hydrogen (secondary N) is 2. The van der Waals surface area contributed by atoms with E-state index in [9.17, 15) is 8.42 Å². The van der Waals surface area contributed by atoms with E-state index in [2.05, 4.69) is 20.5 Å². The van der Waals surface area contributed by atoms with Crippen LogP contribution < -0.4 is 10.6 Å². The molecule has 0 aliphatic carbocycles. The van der Waals surface area contributed by atoms with E-state index >= 15 is 0 Å². The zero-order valence-corrected chi connectivity index (χ0v) is 20.6. The number of guanidine groups is 1. The van der Waals surface area contributed by atoms with Crippen LogP contribution in [0.4, 0.5) is 0 Å². The maximum absolute atomic E-state index is 13.2. The Kier molecular flexibility index (Phi) is 9.53. The Labute approximate surface area is 196 Å². The maximum atomic E-state index is 13.2. The zero-order chi connectivity index (χ0) is 20.7. The third kappa shape index (κ3) is 6.40. The van der Waals surface area contributed by atoms with Gasteiger partial charge in [-0.05, 0) is 24.2 Å². The van der Waals surface area contributed by atoms with Gasteiger partial charge in [-0.15, -0.1) is 24.0 Å². The Morgan fingerprint density at radius 2 is 1.53 bits per heavy atom. The number of piperazine rings is 1. The normalized spacial score (nSPS) is 16.0. The summed E-state index contributed by atoms with van der Waals surface area (Å²) in [5.41, 5.74) is 1.88. The van der Waals surface area contributed by atoms with E-state index in [-0.39, 0.29) is 24.0 Å². The van der Waals surface area contributed by atoms with Crippen molar-refractivity contribution in [3.8, 4) is 0 Å². The molecule has 7 nitrogen and oxygen atoms in total. The van der Waals surface area contributed by atoms with Gasteiger partial charge in [-0.3, -0.25) is 4.99 Å². The monoisotopic (exact) mass is 543 g/mol. The van der Waals surface area contributed by atoms with E-state index in [4.69, 9.17) is 0 Å². The summed E-state index contributed by atoms with van der Waals surface area (Å²) < 4.78 is 27.9. The lowest BCUT2D eigenvalue weighted by atomic mass is 10.2. The number of nitrogens with zero attached hydrogens (tertiary/aromatic N) is 3. The highest BCUT2D eigenvalue weighted by Crippen LogP contribution is 2.21. The van der Waals surface area contributed by atoms with Crippen molar-refractivity contribution in [1.82, 2.24) is 19.8 Å². The molecule has 2 aromatic rings. The fourth-order valence-electron chi connectivity index (χ4n) is 3.25. The lowest BCUT2D eigenvalue weighted by Gasteiger charge is -2.32. The first-order valence-electron chi connectivity index (χ1n) is 9.76. The van der Waals surface area contributed by atoms with Gasteiger partial charge in [0.15, 0.2) is 5.96 Å². The Bertz CT molecular complexity index is 929. The van der Waals surface area contributed by atoms with Gasteiger partial charge >= 0.3 is 0 Å². The van der Waals surface area contributed by atoms with Crippen LogP contribution in [-0.2, 0) is 23.1 Å². The number of benzene rings is 2. The minimum atomic E-state index is -3.52. The lowest BCUT2D eigenvalue weighted by molar-refractivity contribution is 0.222. The first-order chi connectivity index (χ1) is 14.0. The summed E-state index contributed by atoms with van der Waals surface area (Å²) in [4.78, 5) is 6.74. The Morgan fingerprint density at radius 1 is 0.933 bits per heavy atom. The molecule has 1 aliphatic heterocycles. The molecule has 0 saturated carbocycles. The standard InChI is InChI=1S/C21H29N5O2S.HI/c1-22-21(23-16-18-8-4-3-5-9-18)24-17-19-10-6-7-11-20(19)29(27,28)26-14-12-25(2)13-15-26;/h3-11H,12-17H2,1-2H3,(H2,22,23,24);1H. The number of likely N-dealkylation sites (N-methyl/N-ethyl adjacent to an activating group) is 1. The molecule has 1 aliphatic rings. The van der Waals surface area contributed by atoms with Crippen LogP contribution in [-0.4, -0.2) is 63.9 Å². The van der Waals surface area contributed by atoms with E-state index in [0.717, 1.165) is 24.2 Å². The van der Waals surface area contributed by atoms with Gasteiger partial charge in [0.2, 0.25) is 10.0 Å². The van der Waals surface area contributed by atoms with Crippen LogP contribution in [0.2, 0.25) is 0 Å². The average Bonchev–Trinajstić information content (AvgIpc) is 2.75. The summed E-state index contributed by atoms with van der Waals surface area (Å²) in [6.07, 6.45) is 0. The maximum Gasteiger partial charge on any atom is 0.243 e. The minimum absolute atomic E-state index is 0. The molecule has 2 aromatic carbocycles. The van der Waals surface area contributed by atoms with Crippen molar-refractivity contribution in [2.24, 2.45) is 4.99 Å². The first kappa shape index (κ1) is 24.6. The molecule has 0 amide bonds. The second-order valence-corrected chi connectivity index (χ2v) is 8.99. The van der Waals surface area contributed by atoms with Crippen molar-refractivity contribution >= 4 is 40.0 Å². The molecule has 3 rings (SSSR count). The van der Waals surface area contributed by atoms with Gasteiger partial charge < -0.3 is 15.5 Å². The van der Waals surface area contributed by atoms with Crippen molar-refractivity contribution < 1.29 is 8.42 Å².